The van der Waals surface area contributed by atoms with E-state index in [0.29, 0.717) is 18.4 Å². The minimum atomic E-state index is -5.76. The van der Waals surface area contributed by atoms with Crippen LogP contribution in [-0.2, 0) is 22.0 Å². The third-order valence-corrected chi connectivity index (χ3v) is 9.81. The van der Waals surface area contributed by atoms with Gasteiger partial charge < -0.3 is 9.50 Å². The number of fused-ring (bicyclic) bond motifs is 3. The van der Waals surface area contributed by atoms with Crippen LogP contribution in [0.15, 0.2) is 35.0 Å². The second kappa shape index (κ2) is 8.65. The van der Waals surface area contributed by atoms with Gasteiger partial charge in [0.2, 0.25) is 0 Å². The third kappa shape index (κ3) is 3.99. The number of allylic oxidation sites excluding steroid dienone is 2. The fourth-order valence-electron chi connectivity index (χ4n) is 7.11. The lowest BCUT2D eigenvalue weighted by molar-refractivity contribution is -0.0500. The van der Waals surface area contributed by atoms with Crippen LogP contribution in [0.4, 0.5) is 13.2 Å². The van der Waals surface area contributed by atoms with Crippen LogP contribution in [0, 0.1) is 11.2 Å². The van der Waals surface area contributed by atoms with E-state index in [9.17, 15) is 26.9 Å². The highest BCUT2D eigenvalue weighted by Crippen LogP contribution is 2.55. The van der Waals surface area contributed by atoms with Gasteiger partial charge in [-0.25, -0.2) is 5.26 Å². The lowest BCUT2D eigenvalue weighted by Gasteiger charge is -2.27. The maximum absolute atomic E-state index is 13.2. The molecule has 3 aliphatic carbocycles. The molecule has 194 valence electrons. The molecule has 2 aliphatic heterocycles. The number of alkyl halides is 3. The zero-order chi connectivity index (χ0) is 26.0. The summed E-state index contributed by atoms with van der Waals surface area (Å²) in [7, 11) is -5.76. The molecular weight excluding hydrogens is 502 g/mol. The summed E-state index contributed by atoms with van der Waals surface area (Å²) < 4.78 is 68.1. The number of nitriles is 1. The van der Waals surface area contributed by atoms with E-state index in [1.54, 1.807) is 6.07 Å². The van der Waals surface area contributed by atoms with Gasteiger partial charge in [-0.1, -0.05) is 37.7 Å². The summed E-state index contributed by atoms with van der Waals surface area (Å²) in [5.74, 6) is 3.23. The molecule has 1 aromatic carbocycles. The molecule has 2 heterocycles. The van der Waals surface area contributed by atoms with Crippen molar-refractivity contribution in [3.8, 4) is 11.7 Å². The molecule has 37 heavy (non-hydrogen) atoms. The number of nitrogens with zero attached hydrogens (tertiary/aromatic N) is 2. The third-order valence-electron chi connectivity index (χ3n) is 8.84. The molecule has 1 saturated heterocycles. The standard InChI is InChI=1S/C26H27BF3N3O3S/c28-26(29,30)37(34,35)36-22-8-6-17(18-9-12-25(23(18)22)10-1-2-11-25)16-5-7-20-21(14-16)33-24(32-20)19-4-3-13-27(19)15-31/h5-6,8,14,19-20H,1-4,7,9-13H2,(H,32,33). The van der Waals surface area contributed by atoms with Crippen molar-refractivity contribution in [1.82, 2.24) is 5.32 Å². The van der Waals surface area contributed by atoms with Gasteiger partial charge in [0.25, 0.3) is 6.71 Å². The lowest BCUT2D eigenvalue weighted by atomic mass is 9.43. The molecule has 2 unspecified atom stereocenters. The molecule has 0 amide bonds. The number of hydrogen-bond acceptors (Lipinski definition) is 6. The monoisotopic (exact) mass is 529 g/mol. The summed E-state index contributed by atoms with van der Waals surface area (Å²) in [6, 6.07) is 3.07. The Morgan fingerprint density at radius 1 is 1.19 bits per heavy atom. The average molecular weight is 529 g/mol. The van der Waals surface area contributed by atoms with Gasteiger partial charge >= 0.3 is 15.6 Å². The maximum Gasteiger partial charge on any atom is 0.534 e. The summed E-state index contributed by atoms with van der Waals surface area (Å²) in [6.07, 6.45) is 12.7. The average Bonchev–Trinajstić information content (AvgIpc) is 3.65. The van der Waals surface area contributed by atoms with Gasteiger partial charge in [-0.05, 0) is 72.8 Å². The van der Waals surface area contributed by atoms with E-state index in [0.717, 1.165) is 79.5 Å². The Bertz CT molecular complexity index is 1390. The Hall–Kier alpha value is -2.74. The van der Waals surface area contributed by atoms with Crippen LogP contribution in [0.1, 0.15) is 68.1 Å². The smallest absolute Gasteiger partial charge is 0.376 e. The number of aliphatic imine (C=N–C) groups is 1. The normalized spacial score (nSPS) is 26.2. The van der Waals surface area contributed by atoms with E-state index in [1.807, 2.05) is 6.08 Å². The molecule has 11 heteroatoms. The molecule has 1 spiro atoms. The first-order chi connectivity index (χ1) is 17.6. The van der Waals surface area contributed by atoms with Crippen LogP contribution < -0.4 is 9.50 Å². The summed E-state index contributed by atoms with van der Waals surface area (Å²) in [5, 5.41) is 13.0. The van der Waals surface area contributed by atoms with E-state index < -0.39 is 15.6 Å². The molecule has 6 nitrogen and oxygen atoms in total. The zero-order valence-electron chi connectivity index (χ0n) is 20.3. The van der Waals surface area contributed by atoms with Crippen molar-refractivity contribution in [3.05, 3.63) is 46.7 Å². The fourth-order valence-corrected chi connectivity index (χ4v) is 7.58. The van der Waals surface area contributed by atoms with Gasteiger partial charge in [-0.3, -0.25) is 4.99 Å². The number of hydrogen-bond donors (Lipinski definition) is 1. The minimum Gasteiger partial charge on any atom is -0.376 e. The van der Waals surface area contributed by atoms with Gasteiger partial charge in [0.15, 0.2) is 0 Å². The fraction of sp³-hybridized carbons (Fsp3) is 0.538. The van der Waals surface area contributed by atoms with E-state index >= 15 is 0 Å². The Morgan fingerprint density at radius 3 is 2.70 bits per heavy atom. The maximum atomic E-state index is 13.2. The highest BCUT2D eigenvalue weighted by molar-refractivity contribution is 7.88. The van der Waals surface area contributed by atoms with Crippen LogP contribution in [0.5, 0.6) is 5.75 Å². The molecular formula is C26H27BF3N3O3S. The zero-order valence-corrected chi connectivity index (χ0v) is 21.1. The number of benzene rings is 1. The second-order valence-electron chi connectivity index (χ2n) is 10.9. The van der Waals surface area contributed by atoms with Crippen LogP contribution in [0.3, 0.4) is 0 Å². The van der Waals surface area contributed by atoms with E-state index in [4.69, 9.17) is 9.18 Å². The number of nitrogens with one attached hydrogen (secondary N) is 1. The van der Waals surface area contributed by atoms with Crippen molar-refractivity contribution in [3.63, 3.8) is 0 Å². The summed E-state index contributed by atoms with van der Waals surface area (Å²) in [4.78, 5) is 4.87. The van der Waals surface area contributed by atoms with Crippen molar-refractivity contribution >= 4 is 28.2 Å². The summed E-state index contributed by atoms with van der Waals surface area (Å²) >= 11 is 0. The Morgan fingerprint density at radius 2 is 1.97 bits per heavy atom. The predicted octanol–water partition coefficient (Wildman–Crippen LogP) is 5.44. The van der Waals surface area contributed by atoms with Crippen molar-refractivity contribution in [2.45, 2.75) is 86.9 Å². The molecule has 2 fully saturated rings. The Labute approximate surface area is 214 Å². The van der Waals surface area contributed by atoms with Crippen LogP contribution in [0.2, 0.25) is 12.1 Å². The van der Waals surface area contributed by atoms with E-state index in [-0.39, 0.29) is 29.7 Å². The molecule has 2 atom stereocenters. The van der Waals surface area contributed by atoms with E-state index in [1.165, 1.54) is 6.07 Å². The molecule has 5 aliphatic rings. The highest BCUT2D eigenvalue weighted by atomic mass is 32.2. The minimum absolute atomic E-state index is 0.0209. The largest absolute Gasteiger partial charge is 0.534 e. The molecule has 0 radical (unpaired) electrons. The van der Waals surface area contributed by atoms with Gasteiger partial charge in [0.1, 0.15) is 5.75 Å². The van der Waals surface area contributed by atoms with Crippen LogP contribution in [-0.4, -0.2) is 32.5 Å². The molecule has 0 aromatic heterocycles. The predicted molar refractivity (Wildman–Crippen MR) is 135 cm³/mol. The van der Waals surface area contributed by atoms with Crippen molar-refractivity contribution in [2.24, 2.45) is 4.99 Å². The first-order valence-corrected chi connectivity index (χ1v) is 14.4. The van der Waals surface area contributed by atoms with Gasteiger partial charge in [0.05, 0.1) is 11.9 Å². The first kappa shape index (κ1) is 24.6. The lowest BCUT2D eigenvalue weighted by Crippen LogP contribution is -2.29. The molecule has 1 aromatic rings. The van der Waals surface area contributed by atoms with Gasteiger partial charge in [-0.2, -0.15) is 21.6 Å². The van der Waals surface area contributed by atoms with Gasteiger partial charge in [0, 0.05) is 23.0 Å². The molecule has 0 bridgehead atoms. The van der Waals surface area contributed by atoms with E-state index in [2.05, 4.69) is 17.4 Å². The summed E-state index contributed by atoms with van der Waals surface area (Å²) in [6.45, 7) is -0.0224. The van der Waals surface area contributed by atoms with Crippen molar-refractivity contribution in [1.29, 1.82) is 5.26 Å². The van der Waals surface area contributed by atoms with Crippen molar-refractivity contribution in [2.75, 3.05) is 0 Å². The number of amidine groups is 1. The topological polar surface area (TPSA) is 91.5 Å². The quantitative estimate of drug-likeness (QED) is 0.319. The molecule has 6 rings (SSSR count). The van der Waals surface area contributed by atoms with Crippen LogP contribution in [0.25, 0.3) is 5.57 Å². The summed E-state index contributed by atoms with van der Waals surface area (Å²) in [5.41, 5.74) is -1.47. The first-order valence-electron chi connectivity index (χ1n) is 13.0. The molecule has 1 N–H and O–H groups in total. The molecule has 1 saturated carbocycles. The van der Waals surface area contributed by atoms with Crippen molar-refractivity contribution < 1.29 is 25.8 Å². The SMILES string of the molecule is N#CB1CCCC1C1=NC2CC=C(c3ccc(OS(=O)(=O)C(F)(F)F)c4c3CCC43CCCC3)C=C2N1. The Kier molecular flexibility index (Phi) is 5.75. The second-order valence-corrected chi connectivity index (χ2v) is 12.4. The highest BCUT2D eigenvalue weighted by Gasteiger charge is 2.51. The van der Waals surface area contributed by atoms with Crippen LogP contribution >= 0.6 is 0 Å². The van der Waals surface area contributed by atoms with Gasteiger partial charge in [-0.15, -0.1) is 0 Å². The number of halogens is 3. The Balaban J connectivity index is 1.35. The number of rotatable bonds is 4.